The Bertz CT molecular complexity index is 1200. The number of hydrogen-bond donors (Lipinski definition) is 0. The zero-order chi connectivity index (χ0) is 19.5. The number of methoxy groups -OCH3 is 2. The van der Waals surface area contributed by atoms with Gasteiger partial charge in [0.25, 0.3) is 0 Å². The Kier molecular flexibility index (Phi) is 5.04. The second-order valence-corrected chi connectivity index (χ2v) is 6.61. The van der Waals surface area contributed by atoms with Crippen LogP contribution in [0, 0.1) is 0 Å². The first-order valence-electron chi connectivity index (χ1n) is 8.73. The summed E-state index contributed by atoms with van der Waals surface area (Å²) in [4.78, 5) is 4.82. The summed E-state index contributed by atoms with van der Waals surface area (Å²) >= 11 is 6.21. The van der Waals surface area contributed by atoms with Crippen LogP contribution in [0.4, 0.5) is 5.69 Å². The second kappa shape index (κ2) is 7.79. The fraction of sp³-hybridized carbons (Fsp3) is 0.0870. The van der Waals surface area contributed by atoms with E-state index in [0.717, 1.165) is 33.5 Å². The number of rotatable bonds is 4. The van der Waals surface area contributed by atoms with Crippen LogP contribution in [-0.2, 0) is 0 Å². The van der Waals surface area contributed by atoms with Gasteiger partial charge >= 0.3 is 0 Å². The first-order chi connectivity index (χ1) is 13.7. The molecule has 0 aliphatic carbocycles. The molecule has 0 aliphatic rings. The van der Waals surface area contributed by atoms with Crippen molar-refractivity contribution >= 4 is 28.3 Å². The largest absolute Gasteiger partial charge is 0.497 e. The molecule has 140 valence electrons. The summed E-state index contributed by atoms with van der Waals surface area (Å²) in [6, 6.07) is 22.7. The zero-order valence-corrected chi connectivity index (χ0v) is 16.2. The highest BCUT2D eigenvalue weighted by molar-refractivity contribution is 6.31. The van der Waals surface area contributed by atoms with Gasteiger partial charge in [-0.25, -0.2) is 4.99 Å². The maximum Gasteiger partial charge on any atom is 0.136 e. The SMILES string of the molecule is COc1ccc(-c2cc(=Nc3cccc(OC)c3)c3cc(Cl)ccc3o2)cc1. The fourth-order valence-corrected chi connectivity index (χ4v) is 3.12. The van der Waals surface area contributed by atoms with Crippen LogP contribution in [0.3, 0.4) is 0 Å². The number of benzene rings is 3. The van der Waals surface area contributed by atoms with Gasteiger partial charge in [-0.3, -0.25) is 0 Å². The molecule has 4 rings (SSSR count). The van der Waals surface area contributed by atoms with Crippen molar-refractivity contribution in [2.45, 2.75) is 0 Å². The molecule has 0 radical (unpaired) electrons. The summed E-state index contributed by atoms with van der Waals surface area (Å²) < 4.78 is 16.7. The Morgan fingerprint density at radius 1 is 0.821 bits per heavy atom. The minimum atomic E-state index is 0.627. The highest BCUT2D eigenvalue weighted by Gasteiger charge is 2.08. The predicted octanol–water partition coefficient (Wildman–Crippen LogP) is 6.00. The second-order valence-electron chi connectivity index (χ2n) is 6.18. The van der Waals surface area contributed by atoms with Gasteiger partial charge in [-0.1, -0.05) is 17.7 Å². The molecular weight excluding hydrogens is 374 g/mol. The van der Waals surface area contributed by atoms with Gasteiger partial charge in [0.2, 0.25) is 0 Å². The van der Waals surface area contributed by atoms with Gasteiger partial charge in [0.1, 0.15) is 22.8 Å². The molecule has 0 saturated carbocycles. The molecule has 1 aromatic heterocycles. The maximum absolute atomic E-state index is 6.21. The summed E-state index contributed by atoms with van der Waals surface area (Å²) in [7, 11) is 3.28. The molecule has 3 aromatic carbocycles. The van der Waals surface area contributed by atoms with E-state index >= 15 is 0 Å². The lowest BCUT2D eigenvalue weighted by atomic mass is 10.1. The van der Waals surface area contributed by atoms with Crippen molar-refractivity contribution in [1.29, 1.82) is 0 Å². The van der Waals surface area contributed by atoms with Crippen molar-refractivity contribution < 1.29 is 13.9 Å². The van der Waals surface area contributed by atoms with Crippen LogP contribution in [-0.4, -0.2) is 14.2 Å². The van der Waals surface area contributed by atoms with Crippen LogP contribution in [0.5, 0.6) is 11.5 Å². The van der Waals surface area contributed by atoms with Gasteiger partial charge in [0.15, 0.2) is 0 Å². The van der Waals surface area contributed by atoms with Crippen LogP contribution in [0.1, 0.15) is 0 Å². The minimum absolute atomic E-state index is 0.627. The van der Waals surface area contributed by atoms with Crippen LogP contribution >= 0.6 is 11.6 Å². The average Bonchev–Trinajstić information content (AvgIpc) is 2.74. The van der Waals surface area contributed by atoms with E-state index in [1.165, 1.54) is 0 Å². The van der Waals surface area contributed by atoms with E-state index in [1.54, 1.807) is 20.3 Å². The lowest BCUT2D eigenvalue weighted by Crippen LogP contribution is -2.03. The molecule has 4 nitrogen and oxygen atoms in total. The van der Waals surface area contributed by atoms with Crippen LogP contribution in [0.25, 0.3) is 22.3 Å². The van der Waals surface area contributed by atoms with Crippen molar-refractivity contribution in [2.24, 2.45) is 4.99 Å². The molecule has 0 spiro atoms. The Morgan fingerprint density at radius 3 is 2.36 bits per heavy atom. The average molecular weight is 392 g/mol. The molecule has 0 aliphatic heterocycles. The van der Waals surface area contributed by atoms with Crippen molar-refractivity contribution in [3.63, 3.8) is 0 Å². The van der Waals surface area contributed by atoms with Crippen LogP contribution in [0.2, 0.25) is 5.02 Å². The maximum atomic E-state index is 6.21. The standard InChI is InChI=1S/C23H18ClNO3/c1-26-18-9-6-15(7-10-18)23-14-21(20-12-16(24)8-11-22(20)28-23)25-17-4-3-5-19(13-17)27-2/h3-14H,1-2H3. The van der Waals surface area contributed by atoms with Crippen molar-refractivity contribution in [3.8, 4) is 22.8 Å². The van der Waals surface area contributed by atoms with Crippen molar-refractivity contribution in [2.75, 3.05) is 14.2 Å². The third kappa shape index (κ3) is 3.73. The van der Waals surface area contributed by atoms with E-state index in [-0.39, 0.29) is 0 Å². The fourth-order valence-electron chi connectivity index (χ4n) is 2.95. The Labute approximate surface area is 167 Å². The van der Waals surface area contributed by atoms with E-state index < -0.39 is 0 Å². The quantitative estimate of drug-likeness (QED) is 0.428. The molecule has 0 N–H and O–H groups in total. The predicted molar refractivity (Wildman–Crippen MR) is 111 cm³/mol. The summed E-state index contributed by atoms with van der Waals surface area (Å²) in [5.41, 5.74) is 2.42. The highest BCUT2D eigenvalue weighted by atomic mass is 35.5. The zero-order valence-electron chi connectivity index (χ0n) is 15.5. The van der Waals surface area contributed by atoms with E-state index in [4.69, 9.17) is 30.5 Å². The molecule has 0 amide bonds. The molecular formula is C23H18ClNO3. The molecule has 5 heteroatoms. The van der Waals surface area contributed by atoms with Gasteiger partial charge in [0.05, 0.1) is 25.3 Å². The Morgan fingerprint density at radius 2 is 1.61 bits per heavy atom. The normalized spacial score (nSPS) is 11.6. The lowest BCUT2D eigenvalue weighted by molar-refractivity contribution is 0.415. The first kappa shape index (κ1) is 18.1. The summed E-state index contributed by atoms with van der Waals surface area (Å²) in [5, 5.41) is 2.23. The molecule has 0 bridgehead atoms. The van der Waals surface area contributed by atoms with Gasteiger partial charge < -0.3 is 13.9 Å². The summed E-state index contributed by atoms with van der Waals surface area (Å²) in [6.45, 7) is 0. The number of nitrogens with zero attached hydrogens (tertiary/aromatic N) is 1. The number of hydrogen-bond acceptors (Lipinski definition) is 4. The molecule has 0 fully saturated rings. The van der Waals surface area contributed by atoms with Crippen LogP contribution < -0.4 is 14.8 Å². The monoisotopic (exact) mass is 391 g/mol. The molecule has 0 saturated heterocycles. The topological polar surface area (TPSA) is 44.0 Å². The molecule has 1 heterocycles. The first-order valence-corrected chi connectivity index (χ1v) is 9.11. The van der Waals surface area contributed by atoms with Gasteiger partial charge in [-0.2, -0.15) is 0 Å². The van der Waals surface area contributed by atoms with Crippen LogP contribution in [0.15, 0.2) is 82.2 Å². The third-order valence-corrected chi connectivity index (χ3v) is 4.62. The number of ether oxygens (including phenoxy) is 2. The Balaban J connectivity index is 1.94. The van der Waals surface area contributed by atoms with E-state index in [2.05, 4.69) is 0 Å². The van der Waals surface area contributed by atoms with E-state index in [0.29, 0.717) is 16.4 Å². The van der Waals surface area contributed by atoms with Crippen molar-refractivity contribution in [3.05, 3.63) is 83.2 Å². The summed E-state index contributed by atoms with van der Waals surface area (Å²) in [6.07, 6.45) is 0. The van der Waals surface area contributed by atoms with Gasteiger partial charge in [0, 0.05) is 28.1 Å². The van der Waals surface area contributed by atoms with E-state index in [9.17, 15) is 0 Å². The van der Waals surface area contributed by atoms with Gasteiger partial charge in [-0.15, -0.1) is 0 Å². The highest BCUT2D eigenvalue weighted by Crippen LogP contribution is 2.26. The van der Waals surface area contributed by atoms with E-state index in [1.807, 2.05) is 66.7 Å². The molecule has 4 aromatic rings. The number of halogens is 1. The van der Waals surface area contributed by atoms with Gasteiger partial charge in [-0.05, 0) is 54.6 Å². The third-order valence-electron chi connectivity index (χ3n) is 4.38. The molecule has 0 unspecified atom stereocenters. The lowest BCUT2D eigenvalue weighted by Gasteiger charge is -2.07. The molecule has 0 atom stereocenters. The number of fused-ring (bicyclic) bond motifs is 1. The smallest absolute Gasteiger partial charge is 0.136 e. The van der Waals surface area contributed by atoms with Crippen molar-refractivity contribution in [1.82, 2.24) is 0 Å². The minimum Gasteiger partial charge on any atom is -0.497 e. The Hall–Kier alpha value is -3.24. The summed E-state index contributed by atoms with van der Waals surface area (Å²) in [5.74, 6) is 2.25. The molecule has 28 heavy (non-hydrogen) atoms.